The fraction of sp³-hybridized carbons (Fsp3) is 0.0909. The van der Waals surface area contributed by atoms with Gasteiger partial charge >= 0.3 is 24.0 Å². The molecule has 202 valence electrons. The Labute approximate surface area is 220 Å². The quantitative estimate of drug-likeness (QED) is 0.113. The normalized spacial score (nSPS) is 11.1. The SMILES string of the molecule is Cc1cc(Nc2cc([N+](=O)[O-])n[nH]2)nc(Oc2ccc(NC(=O)Nc3ccc(F)c(Cl)c3)cc2C(F)(F)F)n1. The summed E-state index contributed by atoms with van der Waals surface area (Å²) in [5, 5.41) is 23.7. The maximum atomic E-state index is 13.8. The predicted molar refractivity (Wildman–Crippen MR) is 131 cm³/mol. The maximum absolute atomic E-state index is 13.8. The largest absolute Gasteiger partial charge is 0.424 e. The van der Waals surface area contributed by atoms with Crippen LogP contribution in [0.15, 0.2) is 48.5 Å². The van der Waals surface area contributed by atoms with Crippen LogP contribution in [0.25, 0.3) is 0 Å². The molecule has 2 aromatic carbocycles. The van der Waals surface area contributed by atoms with Crippen LogP contribution in [0, 0.1) is 22.9 Å². The summed E-state index contributed by atoms with van der Waals surface area (Å²) in [5.41, 5.74) is -1.05. The number of nitro groups is 1. The van der Waals surface area contributed by atoms with Gasteiger partial charge in [0.15, 0.2) is 5.82 Å². The first-order chi connectivity index (χ1) is 18.4. The van der Waals surface area contributed by atoms with Crippen LogP contribution in [0.4, 0.5) is 51.2 Å². The van der Waals surface area contributed by atoms with Crippen LogP contribution in [-0.4, -0.2) is 31.1 Å². The molecule has 12 nitrogen and oxygen atoms in total. The second-order valence-electron chi connectivity index (χ2n) is 7.72. The fourth-order valence-corrected chi connectivity index (χ4v) is 3.32. The molecule has 0 aliphatic heterocycles. The second kappa shape index (κ2) is 10.8. The first kappa shape index (κ1) is 27.1. The van der Waals surface area contributed by atoms with Crippen LogP contribution in [0.5, 0.6) is 11.8 Å². The van der Waals surface area contributed by atoms with Crippen LogP contribution < -0.4 is 20.7 Å². The molecule has 0 unspecified atom stereocenters. The van der Waals surface area contributed by atoms with Crippen molar-refractivity contribution in [1.29, 1.82) is 0 Å². The number of aromatic nitrogens is 4. The van der Waals surface area contributed by atoms with Crippen molar-refractivity contribution in [2.24, 2.45) is 0 Å². The number of halogens is 5. The Morgan fingerprint density at radius 2 is 1.77 bits per heavy atom. The molecular formula is C22H15ClF4N8O4. The van der Waals surface area contributed by atoms with Gasteiger partial charge in [-0.1, -0.05) is 11.6 Å². The minimum absolute atomic E-state index is 0.0560. The van der Waals surface area contributed by atoms with Gasteiger partial charge in [-0.2, -0.15) is 23.3 Å². The van der Waals surface area contributed by atoms with E-state index < -0.39 is 46.1 Å². The number of aromatic amines is 1. The molecule has 0 spiro atoms. The Balaban J connectivity index is 1.53. The number of amides is 2. The number of nitrogens with one attached hydrogen (secondary N) is 4. The highest BCUT2D eigenvalue weighted by molar-refractivity contribution is 6.31. The van der Waals surface area contributed by atoms with Crippen LogP contribution in [0.2, 0.25) is 5.02 Å². The van der Waals surface area contributed by atoms with Gasteiger partial charge in [0.25, 0.3) is 0 Å². The van der Waals surface area contributed by atoms with E-state index >= 15 is 0 Å². The Hall–Kier alpha value is -4.99. The van der Waals surface area contributed by atoms with Gasteiger partial charge in [0.2, 0.25) is 0 Å². The molecule has 17 heteroatoms. The van der Waals surface area contributed by atoms with E-state index in [4.69, 9.17) is 16.3 Å². The molecule has 2 aromatic heterocycles. The fourth-order valence-electron chi connectivity index (χ4n) is 3.14. The molecule has 4 N–H and O–H groups in total. The van der Waals surface area contributed by atoms with Crippen LogP contribution >= 0.6 is 11.6 Å². The van der Waals surface area contributed by atoms with Crippen molar-refractivity contribution >= 4 is 46.5 Å². The molecule has 0 radical (unpaired) electrons. The Morgan fingerprint density at radius 1 is 1.08 bits per heavy atom. The summed E-state index contributed by atoms with van der Waals surface area (Å²) in [6.45, 7) is 1.53. The summed E-state index contributed by atoms with van der Waals surface area (Å²) < 4.78 is 60.1. The number of carbonyl (C=O) groups is 1. The van der Waals surface area contributed by atoms with E-state index in [9.17, 15) is 32.5 Å². The van der Waals surface area contributed by atoms with Gasteiger partial charge < -0.3 is 30.8 Å². The summed E-state index contributed by atoms with van der Waals surface area (Å²) >= 11 is 5.66. The number of H-pyrrole nitrogens is 1. The zero-order valence-electron chi connectivity index (χ0n) is 19.4. The number of hydrogen-bond donors (Lipinski definition) is 4. The number of anilines is 4. The topological polar surface area (TPSA) is 160 Å². The maximum Gasteiger partial charge on any atom is 0.420 e. The monoisotopic (exact) mass is 566 g/mol. The molecule has 4 rings (SSSR count). The zero-order valence-corrected chi connectivity index (χ0v) is 20.2. The van der Waals surface area contributed by atoms with E-state index in [0.29, 0.717) is 11.8 Å². The summed E-state index contributed by atoms with van der Waals surface area (Å²) in [6.07, 6.45) is -4.90. The van der Waals surface area contributed by atoms with Crippen molar-refractivity contribution in [2.45, 2.75) is 13.1 Å². The molecule has 0 saturated heterocycles. The van der Waals surface area contributed by atoms with Crippen molar-refractivity contribution in [3.63, 3.8) is 0 Å². The van der Waals surface area contributed by atoms with Gasteiger partial charge in [0.05, 0.1) is 16.2 Å². The van der Waals surface area contributed by atoms with Gasteiger partial charge in [-0.15, -0.1) is 0 Å². The number of rotatable bonds is 7. The predicted octanol–water partition coefficient (Wildman–Crippen LogP) is 6.41. The number of carbonyl (C=O) groups excluding carboxylic acids is 1. The van der Waals surface area contributed by atoms with Crippen molar-refractivity contribution < 1.29 is 32.0 Å². The van der Waals surface area contributed by atoms with E-state index in [1.54, 1.807) is 0 Å². The number of alkyl halides is 3. The molecular weight excluding hydrogens is 552 g/mol. The minimum atomic E-state index is -4.90. The van der Waals surface area contributed by atoms with E-state index in [1.165, 1.54) is 19.1 Å². The third-order valence-corrected chi connectivity index (χ3v) is 5.06. The van der Waals surface area contributed by atoms with Crippen molar-refractivity contribution in [3.8, 4) is 11.8 Å². The molecule has 0 fully saturated rings. The highest BCUT2D eigenvalue weighted by Gasteiger charge is 2.35. The molecule has 0 aliphatic carbocycles. The lowest BCUT2D eigenvalue weighted by Gasteiger charge is -2.15. The van der Waals surface area contributed by atoms with Crippen molar-refractivity contribution in [2.75, 3.05) is 16.0 Å². The van der Waals surface area contributed by atoms with Crippen LogP contribution in [-0.2, 0) is 6.18 Å². The lowest BCUT2D eigenvalue weighted by Crippen LogP contribution is -2.20. The highest BCUT2D eigenvalue weighted by atomic mass is 35.5. The van der Waals surface area contributed by atoms with Gasteiger partial charge in [0.1, 0.15) is 22.9 Å². The summed E-state index contributed by atoms with van der Waals surface area (Å²) in [4.78, 5) is 30.3. The molecule has 2 heterocycles. The average molecular weight is 567 g/mol. The smallest absolute Gasteiger partial charge is 0.420 e. The zero-order chi connectivity index (χ0) is 28.3. The third-order valence-electron chi connectivity index (χ3n) is 4.77. The van der Waals surface area contributed by atoms with Gasteiger partial charge in [-0.3, -0.25) is 0 Å². The Bertz CT molecular complexity index is 1560. The number of nitrogens with zero attached hydrogens (tertiary/aromatic N) is 4. The Morgan fingerprint density at radius 3 is 2.41 bits per heavy atom. The summed E-state index contributed by atoms with van der Waals surface area (Å²) in [7, 11) is 0. The second-order valence-corrected chi connectivity index (χ2v) is 8.13. The molecule has 0 atom stereocenters. The summed E-state index contributed by atoms with van der Waals surface area (Å²) in [6, 6.07) is 7.27. The molecule has 4 aromatic rings. The van der Waals surface area contributed by atoms with Crippen molar-refractivity contribution in [3.05, 3.63) is 80.7 Å². The van der Waals surface area contributed by atoms with Gasteiger partial charge in [-0.25, -0.2) is 14.2 Å². The molecule has 2 amide bonds. The number of urea groups is 1. The molecule has 39 heavy (non-hydrogen) atoms. The van der Waals surface area contributed by atoms with Crippen LogP contribution in [0.1, 0.15) is 11.3 Å². The van der Waals surface area contributed by atoms with Gasteiger partial charge in [-0.05, 0) is 48.2 Å². The molecule has 0 aliphatic rings. The number of aryl methyl sites for hydroxylation is 1. The lowest BCUT2D eigenvalue weighted by atomic mass is 10.1. The average Bonchev–Trinajstić information content (AvgIpc) is 3.30. The third kappa shape index (κ3) is 6.86. The van der Waals surface area contributed by atoms with E-state index in [2.05, 4.69) is 36.1 Å². The number of benzene rings is 2. The van der Waals surface area contributed by atoms with E-state index in [1.807, 2.05) is 0 Å². The number of ether oxygens (including phenoxy) is 1. The molecule has 0 saturated carbocycles. The Kier molecular flexibility index (Phi) is 7.48. The highest BCUT2D eigenvalue weighted by Crippen LogP contribution is 2.39. The van der Waals surface area contributed by atoms with Gasteiger partial charge in [0, 0.05) is 23.1 Å². The first-order valence-corrected chi connectivity index (χ1v) is 11.0. The van der Waals surface area contributed by atoms with E-state index in [0.717, 1.165) is 30.3 Å². The first-order valence-electron chi connectivity index (χ1n) is 10.6. The standard InChI is InChI=1S/C22H15ClF4N8O4/c1-10-6-17(31-18-9-19(34-33-18)35(37)38)32-21(28-10)39-16-5-3-11(7-13(16)22(25,26)27)29-20(36)30-12-2-4-15(24)14(23)8-12/h2-9H,1H3,(H2,29,30,36)(H2,28,31,32,33,34). The van der Waals surface area contributed by atoms with Crippen LogP contribution in [0.3, 0.4) is 0 Å². The van der Waals surface area contributed by atoms with E-state index in [-0.39, 0.29) is 28.0 Å². The van der Waals surface area contributed by atoms with Crippen molar-refractivity contribution in [1.82, 2.24) is 20.2 Å². The molecule has 0 bridgehead atoms. The minimum Gasteiger partial charge on any atom is -0.424 e. The summed E-state index contributed by atoms with van der Waals surface area (Å²) in [5.74, 6) is -1.68. The number of hydrogen-bond acceptors (Lipinski definition) is 8. The lowest BCUT2D eigenvalue weighted by molar-refractivity contribution is -0.389.